The third kappa shape index (κ3) is 5.16. The summed E-state index contributed by atoms with van der Waals surface area (Å²) in [6.45, 7) is 2.55. The van der Waals surface area contributed by atoms with Crippen molar-refractivity contribution in [3.05, 3.63) is 65.2 Å². The quantitative estimate of drug-likeness (QED) is 0.705. The Labute approximate surface area is 168 Å². The molecular formula is C22H25F3N2O2. The molecule has 29 heavy (non-hydrogen) atoms. The number of piperazine rings is 1. The lowest BCUT2D eigenvalue weighted by Crippen LogP contribution is -2.46. The topological polar surface area (TPSA) is 41.6 Å². The SMILES string of the molecule is COc1ccc(C(F)(F)F)cc1C1CNCCN1CCC(C=O)c1ccccc1. The summed E-state index contributed by atoms with van der Waals surface area (Å²) in [6, 6.07) is 12.9. The van der Waals surface area contributed by atoms with Crippen molar-refractivity contribution < 1.29 is 22.7 Å². The zero-order valence-corrected chi connectivity index (χ0v) is 16.3. The predicted octanol–water partition coefficient (Wildman–Crippen LogP) is 4.03. The molecule has 2 unspecified atom stereocenters. The van der Waals surface area contributed by atoms with Crippen molar-refractivity contribution in [2.24, 2.45) is 0 Å². The predicted molar refractivity (Wildman–Crippen MR) is 105 cm³/mol. The summed E-state index contributed by atoms with van der Waals surface area (Å²) in [5.74, 6) is 0.196. The van der Waals surface area contributed by atoms with Gasteiger partial charge in [-0.05, 0) is 36.7 Å². The van der Waals surface area contributed by atoms with E-state index in [4.69, 9.17) is 4.74 Å². The van der Waals surface area contributed by atoms with Gasteiger partial charge in [0.25, 0.3) is 0 Å². The number of ether oxygens (including phenoxy) is 1. The van der Waals surface area contributed by atoms with Gasteiger partial charge in [0.1, 0.15) is 12.0 Å². The molecular weight excluding hydrogens is 381 g/mol. The van der Waals surface area contributed by atoms with E-state index in [1.54, 1.807) is 0 Å². The number of halogens is 3. The van der Waals surface area contributed by atoms with Gasteiger partial charge in [0.05, 0.1) is 18.7 Å². The van der Waals surface area contributed by atoms with Gasteiger partial charge in [0.15, 0.2) is 0 Å². The number of aldehydes is 1. The Bertz CT molecular complexity index is 811. The summed E-state index contributed by atoms with van der Waals surface area (Å²) in [4.78, 5) is 13.7. The minimum Gasteiger partial charge on any atom is -0.496 e. The maximum Gasteiger partial charge on any atom is 0.416 e. The molecule has 0 aromatic heterocycles. The van der Waals surface area contributed by atoms with Crippen molar-refractivity contribution in [2.75, 3.05) is 33.3 Å². The molecule has 0 saturated carbocycles. The van der Waals surface area contributed by atoms with Crippen molar-refractivity contribution in [1.29, 1.82) is 0 Å². The molecule has 156 valence electrons. The second kappa shape index (κ2) is 9.41. The van der Waals surface area contributed by atoms with Crippen molar-refractivity contribution in [3.63, 3.8) is 0 Å². The summed E-state index contributed by atoms with van der Waals surface area (Å²) in [6.07, 6.45) is -2.87. The van der Waals surface area contributed by atoms with E-state index in [0.29, 0.717) is 37.4 Å². The Hall–Kier alpha value is -2.38. The van der Waals surface area contributed by atoms with Gasteiger partial charge in [0.2, 0.25) is 0 Å². The van der Waals surface area contributed by atoms with Crippen LogP contribution in [0.4, 0.5) is 13.2 Å². The van der Waals surface area contributed by atoms with Gasteiger partial charge in [-0.1, -0.05) is 30.3 Å². The Balaban J connectivity index is 1.82. The molecule has 7 heteroatoms. The van der Waals surface area contributed by atoms with E-state index in [1.165, 1.54) is 19.2 Å². The first-order valence-corrected chi connectivity index (χ1v) is 9.64. The molecule has 0 spiro atoms. The summed E-state index contributed by atoms with van der Waals surface area (Å²) in [5.41, 5.74) is 0.775. The number of nitrogens with zero attached hydrogens (tertiary/aromatic N) is 1. The van der Waals surface area contributed by atoms with Crippen LogP contribution in [-0.4, -0.2) is 44.5 Å². The summed E-state index contributed by atoms with van der Waals surface area (Å²) < 4.78 is 45.1. The number of carbonyl (C=O) groups excluding carboxylic acids is 1. The molecule has 2 aromatic rings. The van der Waals surface area contributed by atoms with Crippen molar-refractivity contribution >= 4 is 6.29 Å². The van der Waals surface area contributed by atoms with Gasteiger partial charge in [-0.15, -0.1) is 0 Å². The molecule has 0 bridgehead atoms. The van der Waals surface area contributed by atoms with E-state index >= 15 is 0 Å². The molecule has 2 aromatic carbocycles. The fourth-order valence-electron chi connectivity index (χ4n) is 3.81. The first-order valence-electron chi connectivity index (χ1n) is 9.64. The van der Waals surface area contributed by atoms with Crippen LogP contribution >= 0.6 is 0 Å². The van der Waals surface area contributed by atoms with Crippen LogP contribution < -0.4 is 10.1 Å². The first-order chi connectivity index (χ1) is 13.9. The zero-order chi connectivity index (χ0) is 20.9. The highest BCUT2D eigenvalue weighted by molar-refractivity contribution is 5.62. The molecule has 1 aliphatic heterocycles. The van der Waals surface area contributed by atoms with Crippen LogP contribution in [0.15, 0.2) is 48.5 Å². The molecule has 0 aliphatic carbocycles. The van der Waals surface area contributed by atoms with Gasteiger partial charge in [-0.3, -0.25) is 4.90 Å². The molecule has 4 nitrogen and oxygen atoms in total. The third-order valence-electron chi connectivity index (χ3n) is 5.39. The maximum absolute atomic E-state index is 13.2. The molecule has 1 N–H and O–H groups in total. The molecule has 3 rings (SSSR count). The van der Waals surface area contributed by atoms with Gasteiger partial charge in [-0.2, -0.15) is 13.2 Å². The van der Waals surface area contributed by atoms with Crippen molar-refractivity contribution in [2.45, 2.75) is 24.6 Å². The van der Waals surface area contributed by atoms with Crippen LogP contribution in [0.25, 0.3) is 0 Å². The average molecular weight is 406 g/mol. The van der Waals surface area contributed by atoms with Crippen molar-refractivity contribution in [3.8, 4) is 5.75 Å². The highest BCUT2D eigenvalue weighted by Crippen LogP contribution is 2.37. The summed E-state index contributed by atoms with van der Waals surface area (Å²) >= 11 is 0. The van der Waals surface area contributed by atoms with Crippen LogP contribution in [0, 0.1) is 0 Å². The lowest BCUT2D eigenvalue weighted by molar-refractivity contribution is -0.137. The monoisotopic (exact) mass is 406 g/mol. The third-order valence-corrected chi connectivity index (χ3v) is 5.39. The Morgan fingerprint density at radius 1 is 1.24 bits per heavy atom. The normalized spacial score (nSPS) is 19.0. The zero-order valence-electron chi connectivity index (χ0n) is 16.3. The van der Waals surface area contributed by atoms with E-state index < -0.39 is 11.7 Å². The minimum absolute atomic E-state index is 0.241. The molecule has 1 fully saturated rings. The van der Waals surface area contributed by atoms with E-state index in [0.717, 1.165) is 24.5 Å². The highest BCUT2D eigenvalue weighted by atomic mass is 19.4. The Morgan fingerprint density at radius 2 is 2.00 bits per heavy atom. The molecule has 0 amide bonds. The Kier molecular flexibility index (Phi) is 6.92. The Morgan fingerprint density at radius 3 is 2.66 bits per heavy atom. The van der Waals surface area contributed by atoms with Crippen LogP contribution in [0.1, 0.15) is 35.1 Å². The van der Waals surface area contributed by atoms with E-state index in [1.807, 2.05) is 30.3 Å². The lowest BCUT2D eigenvalue weighted by atomic mass is 9.95. The van der Waals surface area contributed by atoms with Crippen LogP contribution in [0.5, 0.6) is 5.75 Å². The highest BCUT2D eigenvalue weighted by Gasteiger charge is 2.34. The molecule has 1 heterocycles. The number of rotatable bonds is 7. The van der Waals surface area contributed by atoms with Crippen molar-refractivity contribution in [1.82, 2.24) is 10.2 Å². The van der Waals surface area contributed by atoms with E-state index in [2.05, 4.69) is 10.2 Å². The van der Waals surface area contributed by atoms with Crippen LogP contribution in [0.3, 0.4) is 0 Å². The van der Waals surface area contributed by atoms with Gasteiger partial charge >= 0.3 is 6.18 Å². The largest absolute Gasteiger partial charge is 0.496 e. The van der Waals surface area contributed by atoms with E-state index in [-0.39, 0.29) is 12.0 Å². The maximum atomic E-state index is 13.2. The lowest BCUT2D eigenvalue weighted by Gasteiger charge is -2.37. The summed E-state index contributed by atoms with van der Waals surface area (Å²) in [7, 11) is 1.46. The molecule has 0 radical (unpaired) electrons. The molecule has 1 aliphatic rings. The van der Waals surface area contributed by atoms with Gasteiger partial charge < -0.3 is 14.8 Å². The smallest absolute Gasteiger partial charge is 0.416 e. The molecule has 1 saturated heterocycles. The van der Waals surface area contributed by atoms with E-state index in [9.17, 15) is 18.0 Å². The van der Waals surface area contributed by atoms with Gasteiger partial charge in [0, 0.05) is 31.1 Å². The number of alkyl halides is 3. The minimum atomic E-state index is -4.41. The first kappa shape index (κ1) is 21.3. The fourth-order valence-corrected chi connectivity index (χ4v) is 3.81. The number of hydrogen-bond acceptors (Lipinski definition) is 4. The number of methoxy groups -OCH3 is 1. The van der Waals surface area contributed by atoms with Crippen LogP contribution in [-0.2, 0) is 11.0 Å². The number of hydrogen-bond donors (Lipinski definition) is 1. The second-order valence-corrected chi connectivity index (χ2v) is 7.15. The summed E-state index contributed by atoms with van der Waals surface area (Å²) in [5, 5.41) is 3.26. The second-order valence-electron chi connectivity index (χ2n) is 7.15. The standard InChI is InChI=1S/C22H25F3N2O2/c1-29-21-8-7-18(22(23,24)25)13-19(21)20-14-26-10-12-27(20)11-9-17(15-28)16-5-3-2-4-6-16/h2-8,13,15,17,20,26H,9-12,14H2,1H3. The van der Waals surface area contributed by atoms with Crippen LogP contribution in [0.2, 0.25) is 0 Å². The molecule has 2 atom stereocenters. The van der Waals surface area contributed by atoms with Gasteiger partial charge in [-0.25, -0.2) is 0 Å². The number of carbonyl (C=O) groups is 1. The number of nitrogens with one attached hydrogen (secondary N) is 1. The average Bonchev–Trinajstić information content (AvgIpc) is 2.74. The fraction of sp³-hybridized carbons (Fsp3) is 0.409. The number of benzene rings is 2.